The topological polar surface area (TPSA) is 82.7 Å². The summed E-state index contributed by atoms with van der Waals surface area (Å²) in [6.07, 6.45) is 3.28. The van der Waals surface area contributed by atoms with E-state index in [1.807, 2.05) is 0 Å². The van der Waals surface area contributed by atoms with Crippen LogP contribution in [0.3, 0.4) is 0 Å². The summed E-state index contributed by atoms with van der Waals surface area (Å²) in [6.45, 7) is 1.56. The van der Waals surface area contributed by atoms with Gasteiger partial charge in [-0.1, -0.05) is 12.1 Å². The molecular weight excluding hydrogens is 400 g/mol. The van der Waals surface area contributed by atoms with Crippen molar-refractivity contribution in [3.63, 3.8) is 0 Å². The van der Waals surface area contributed by atoms with Crippen molar-refractivity contribution in [2.45, 2.75) is 25.2 Å². The van der Waals surface area contributed by atoms with Crippen LogP contribution in [0.25, 0.3) is 5.69 Å². The highest BCUT2D eigenvalue weighted by Crippen LogP contribution is 2.31. The van der Waals surface area contributed by atoms with Crippen LogP contribution in [0.2, 0.25) is 0 Å². The fraction of sp³-hybridized carbons (Fsp3) is 0.261. The Balaban J connectivity index is 1.69. The monoisotopic (exact) mass is 421 g/mol. The Bertz CT molecular complexity index is 1130. The van der Waals surface area contributed by atoms with E-state index in [1.54, 1.807) is 24.3 Å². The van der Waals surface area contributed by atoms with E-state index in [-0.39, 0.29) is 17.5 Å². The predicted octanol–water partition coefficient (Wildman–Crippen LogP) is 3.94. The summed E-state index contributed by atoms with van der Waals surface area (Å²) in [7, 11) is 0. The lowest BCUT2D eigenvalue weighted by Crippen LogP contribution is -2.29. The minimum absolute atomic E-state index is 0.00644. The number of nitrogens with one attached hydrogen (secondary N) is 2. The molecule has 4 rings (SSSR count). The molecule has 0 radical (unpaired) electrons. The van der Waals surface area contributed by atoms with E-state index in [2.05, 4.69) is 21.8 Å². The maximum atomic E-state index is 14.5. The summed E-state index contributed by atoms with van der Waals surface area (Å²) in [6, 6.07) is 12.4. The number of hydrogen-bond acceptors (Lipinski definition) is 4. The first-order valence-corrected chi connectivity index (χ1v) is 10.1. The quantitative estimate of drug-likeness (QED) is 0.654. The zero-order chi connectivity index (χ0) is 21.8. The summed E-state index contributed by atoms with van der Waals surface area (Å²) in [5.74, 6) is -1.75. The van der Waals surface area contributed by atoms with Crippen LogP contribution >= 0.6 is 0 Å². The number of carbonyl (C=O) groups excluding carboxylic acids is 1. The molecule has 1 aromatic heterocycles. The Labute approximate surface area is 178 Å². The highest BCUT2D eigenvalue weighted by atomic mass is 19.1. The minimum atomic E-state index is -0.738. The van der Waals surface area contributed by atoms with Crippen molar-refractivity contribution in [1.82, 2.24) is 15.1 Å². The Kier molecular flexibility index (Phi) is 6.05. The normalized spacial score (nSPS) is 14.2. The first-order valence-electron chi connectivity index (χ1n) is 10.1. The van der Waals surface area contributed by atoms with E-state index in [9.17, 15) is 13.6 Å². The van der Waals surface area contributed by atoms with E-state index in [0.717, 1.165) is 37.6 Å². The smallest absolute Gasteiger partial charge is 0.259 e. The molecule has 1 aliphatic rings. The zero-order valence-electron chi connectivity index (χ0n) is 16.7. The van der Waals surface area contributed by atoms with Crippen LogP contribution in [0.1, 0.15) is 40.4 Å². The fourth-order valence-corrected chi connectivity index (χ4v) is 3.86. The van der Waals surface area contributed by atoms with Gasteiger partial charge in [-0.15, -0.1) is 0 Å². The second-order valence-corrected chi connectivity index (χ2v) is 7.46. The summed E-state index contributed by atoms with van der Waals surface area (Å²) < 4.78 is 29.3. The molecule has 3 aromatic rings. The lowest BCUT2D eigenvalue weighted by molar-refractivity contribution is 0.102. The van der Waals surface area contributed by atoms with Crippen molar-refractivity contribution in [3.05, 3.63) is 77.1 Å². The van der Waals surface area contributed by atoms with Crippen LogP contribution in [-0.2, 0) is 6.42 Å². The molecule has 0 saturated carbocycles. The van der Waals surface area contributed by atoms with E-state index in [0.29, 0.717) is 23.4 Å². The third kappa shape index (κ3) is 4.47. The summed E-state index contributed by atoms with van der Waals surface area (Å²) >= 11 is 0. The molecule has 6 nitrogen and oxygen atoms in total. The van der Waals surface area contributed by atoms with E-state index >= 15 is 0 Å². The number of anilines is 1. The van der Waals surface area contributed by atoms with Crippen LogP contribution < -0.4 is 10.6 Å². The molecule has 0 spiro atoms. The number of amides is 1. The third-order valence-corrected chi connectivity index (χ3v) is 5.41. The van der Waals surface area contributed by atoms with Crippen molar-refractivity contribution in [2.24, 2.45) is 0 Å². The summed E-state index contributed by atoms with van der Waals surface area (Å²) in [4.78, 5) is 13.1. The number of nitrogens with zero attached hydrogens (tertiary/aromatic N) is 3. The van der Waals surface area contributed by atoms with Gasteiger partial charge in [0.1, 0.15) is 11.5 Å². The van der Waals surface area contributed by atoms with Gasteiger partial charge in [0.2, 0.25) is 0 Å². The molecule has 1 saturated heterocycles. The number of hydrogen-bond donors (Lipinski definition) is 2. The van der Waals surface area contributed by atoms with Crippen LogP contribution in [-0.4, -0.2) is 28.8 Å². The van der Waals surface area contributed by atoms with Crippen LogP contribution in [0.15, 0.2) is 48.7 Å². The number of halogens is 2. The number of piperidine rings is 1. The Morgan fingerprint density at radius 3 is 2.61 bits per heavy atom. The molecule has 2 aromatic carbocycles. The lowest BCUT2D eigenvalue weighted by atomic mass is 9.91. The molecule has 0 aliphatic carbocycles. The number of rotatable bonds is 5. The maximum absolute atomic E-state index is 14.5. The Morgan fingerprint density at radius 1 is 1.19 bits per heavy atom. The Hall–Kier alpha value is -3.57. The standard InChI is InChI=1S/C23H21F2N5O/c24-17-3-6-21(20(25)13-17)30-22(16-8-11-27-12-9-16)19(14-28-30)23(31)29-18-4-1-15(2-5-18)7-10-26/h1-6,13-14,16,27H,7-9,11-12H2,(H,29,31). The molecule has 2 N–H and O–H groups in total. The second-order valence-electron chi connectivity index (χ2n) is 7.46. The highest BCUT2D eigenvalue weighted by Gasteiger charge is 2.28. The van der Waals surface area contributed by atoms with Gasteiger partial charge in [0.15, 0.2) is 5.82 Å². The molecule has 1 amide bonds. The van der Waals surface area contributed by atoms with Crippen LogP contribution in [0.5, 0.6) is 0 Å². The fourth-order valence-electron chi connectivity index (χ4n) is 3.86. The first-order chi connectivity index (χ1) is 15.1. The number of carbonyl (C=O) groups is 1. The van der Waals surface area contributed by atoms with Crippen molar-refractivity contribution >= 4 is 11.6 Å². The zero-order valence-corrected chi connectivity index (χ0v) is 16.7. The van der Waals surface area contributed by atoms with Crippen molar-refractivity contribution < 1.29 is 13.6 Å². The molecule has 8 heteroatoms. The van der Waals surface area contributed by atoms with Crippen molar-refractivity contribution in [2.75, 3.05) is 18.4 Å². The average Bonchev–Trinajstić information content (AvgIpc) is 3.21. The Morgan fingerprint density at radius 2 is 1.94 bits per heavy atom. The largest absolute Gasteiger partial charge is 0.322 e. The molecule has 158 valence electrons. The van der Waals surface area contributed by atoms with E-state index in [4.69, 9.17) is 5.26 Å². The number of nitriles is 1. The van der Waals surface area contributed by atoms with Gasteiger partial charge in [-0.25, -0.2) is 13.5 Å². The molecule has 0 bridgehead atoms. The SMILES string of the molecule is N#CCc1ccc(NC(=O)c2cnn(-c3ccc(F)cc3F)c2C2CCNCC2)cc1. The second kappa shape index (κ2) is 9.06. The number of aromatic nitrogens is 2. The first kappa shape index (κ1) is 20.7. The third-order valence-electron chi connectivity index (χ3n) is 5.41. The van der Waals surface area contributed by atoms with Gasteiger partial charge >= 0.3 is 0 Å². The van der Waals surface area contributed by atoms with Gasteiger partial charge in [0.25, 0.3) is 5.91 Å². The van der Waals surface area contributed by atoms with Gasteiger partial charge in [-0.2, -0.15) is 10.4 Å². The van der Waals surface area contributed by atoms with Crippen molar-refractivity contribution in [1.29, 1.82) is 5.26 Å². The molecule has 0 atom stereocenters. The van der Waals surface area contributed by atoms with Crippen LogP contribution in [0.4, 0.5) is 14.5 Å². The van der Waals surface area contributed by atoms with Gasteiger partial charge in [0.05, 0.1) is 29.9 Å². The van der Waals surface area contributed by atoms with Gasteiger partial charge in [-0.3, -0.25) is 4.79 Å². The summed E-state index contributed by atoms with van der Waals surface area (Å²) in [5, 5.41) is 19.2. The number of benzene rings is 2. The van der Waals surface area contributed by atoms with E-state index in [1.165, 1.54) is 23.0 Å². The van der Waals surface area contributed by atoms with Crippen LogP contribution in [0, 0.1) is 23.0 Å². The molecule has 31 heavy (non-hydrogen) atoms. The summed E-state index contributed by atoms with van der Waals surface area (Å²) in [5.41, 5.74) is 2.52. The lowest BCUT2D eigenvalue weighted by Gasteiger charge is -2.24. The molecule has 1 fully saturated rings. The average molecular weight is 421 g/mol. The molecule has 1 aliphatic heterocycles. The van der Waals surface area contributed by atoms with Gasteiger partial charge in [-0.05, 0) is 55.8 Å². The van der Waals surface area contributed by atoms with E-state index < -0.39 is 11.6 Å². The van der Waals surface area contributed by atoms with Gasteiger partial charge < -0.3 is 10.6 Å². The van der Waals surface area contributed by atoms with Crippen molar-refractivity contribution in [3.8, 4) is 11.8 Å². The maximum Gasteiger partial charge on any atom is 0.259 e. The molecule has 2 heterocycles. The molecular formula is C23H21F2N5O. The molecule has 0 unspecified atom stereocenters. The highest BCUT2D eigenvalue weighted by molar-refractivity contribution is 6.05. The predicted molar refractivity (Wildman–Crippen MR) is 112 cm³/mol. The minimum Gasteiger partial charge on any atom is -0.322 e. The van der Waals surface area contributed by atoms with Gasteiger partial charge in [0, 0.05) is 17.7 Å².